The third-order valence-electron chi connectivity index (χ3n) is 4.20. The predicted octanol–water partition coefficient (Wildman–Crippen LogP) is 1.92. The van der Waals surface area contributed by atoms with E-state index in [4.69, 9.17) is 4.74 Å². The Kier molecular flexibility index (Phi) is 3.84. The lowest BCUT2D eigenvalue weighted by molar-refractivity contribution is -0.384. The number of carbonyl (C=O) groups is 1. The fourth-order valence-electron chi connectivity index (χ4n) is 3.32. The van der Waals surface area contributed by atoms with Gasteiger partial charge in [0.25, 0.3) is 5.69 Å². The van der Waals surface area contributed by atoms with Gasteiger partial charge in [0.2, 0.25) is 0 Å². The zero-order valence-electron chi connectivity index (χ0n) is 11.8. The van der Waals surface area contributed by atoms with Gasteiger partial charge in [0.05, 0.1) is 30.2 Å². The van der Waals surface area contributed by atoms with E-state index in [0.29, 0.717) is 31.7 Å². The van der Waals surface area contributed by atoms with Gasteiger partial charge in [-0.05, 0) is 18.9 Å². The molecular formula is C14H17N3O5. The Morgan fingerprint density at radius 1 is 1.32 bits per heavy atom. The molecule has 2 atom stereocenters. The second kappa shape index (κ2) is 5.80. The third-order valence-corrected chi connectivity index (χ3v) is 4.20. The molecule has 118 valence electrons. The molecule has 2 heterocycles. The number of carboxylic acid groups (broad SMARTS) is 1. The van der Waals surface area contributed by atoms with Crippen LogP contribution in [0.4, 0.5) is 16.2 Å². The van der Waals surface area contributed by atoms with Gasteiger partial charge >= 0.3 is 6.09 Å². The number of morpholine rings is 1. The van der Waals surface area contributed by atoms with Crippen LogP contribution in [0.15, 0.2) is 24.3 Å². The summed E-state index contributed by atoms with van der Waals surface area (Å²) in [6, 6.07) is 6.09. The Morgan fingerprint density at radius 3 is 2.55 bits per heavy atom. The van der Waals surface area contributed by atoms with Gasteiger partial charge in [0.1, 0.15) is 5.69 Å². The number of hydrogen-bond acceptors (Lipinski definition) is 5. The second-order valence-electron chi connectivity index (χ2n) is 5.62. The molecule has 2 fully saturated rings. The summed E-state index contributed by atoms with van der Waals surface area (Å²) in [5, 5.41) is 23.6. The Balaban J connectivity index is 1.76. The van der Waals surface area contributed by atoms with E-state index in [1.54, 1.807) is 18.2 Å². The highest BCUT2D eigenvalue weighted by atomic mass is 16.6. The van der Waals surface area contributed by atoms with Gasteiger partial charge < -0.3 is 15.2 Å². The van der Waals surface area contributed by atoms with E-state index in [1.165, 1.54) is 11.0 Å². The third kappa shape index (κ3) is 2.69. The number of amides is 1. The van der Waals surface area contributed by atoms with Crippen molar-refractivity contribution in [1.82, 2.24) is 4.90 Å². The molecule has 0 radical (unpaired) electrons. The zero-order valence-corrected chi connectivity index (χ0v) is 11.8. The van der Waals surface area contributed by atoms with Crippen LogP contribution in [0.5, 0.6) is 0 Å². The molecule has 1 amide bonds. The van der Waals surface area contributed by atoms with E-state index in [-0.39, 0.29) is 23.8 Å². The second-order valence-corrected chi connectivity index (χ2v) is 5.62. The van der Waals surface area contributed by atoms with Crippen LogP contribution in [0.25, 0.3) is 0 Å². The SMILES string of the molecule is O=C(O)N1C2COCC1CC(Nc1ccccc1[N+](=O)[O-])C2. The van der Waals surface area contributed by atoms with Gasteiger partial charge in [-0.25, -0.2) is 4.79 Å². The number of nitro benzene ring substituents is 1. The smallest absolute Gasteiger partial charge is 0.407 e. The first-order valence-corrected chi connectivity index (χ1v) is 7.15. The predicted molar refractivity (Wildman–Crippen MR) is 78.0 cm³/mol. The summed E-state index contributed by atoms with van der Waals surface area (Å²) in [7, 11) is 0. The van der Waals surface area contributed by atoms with Crippen LogP contribution in [-0.4, -0.2) is 52.4 Å². The van der Waals surface area contributed by atoms with Gasteiger partial charge in [-0.2, -0.15) is 0 Å². The Hall–Kier alpha value is -2.35. The fourth-order valence-corrected chi connectivity index (χ4v) is 3.32. The molecule has 2 aliphatic rings. The quantitative estimate of drug-likeness (QED) is 0.653. The summed E-state index contributed by atoms with van der Waals surface area (Å²) in [4.78, 5) is 23.4. The number of nitro groups is 1. The highest BCUT2D eigenvalue weighted by molar-refractivity contribution is 5.67. The molecule has 8 nitrogen and oxygen atoms in total. The highest BCUT2D eigenvalue weighted by Crippen LogP contribution is 2.32. The maximum absolute atomic E-state index is 11.3. The van der Waals surface area contributed by atoms with Crippen LogP contribution in [-0.2, 0) is 4.74 Å². The standard InChI is InChI=1S/C14H17N3O5/c18-14(19)16-10-5-9(6-11(16)8-22-7-10)15-12-3-1-2-4-13(12)17(20)21/h1-4,9-11,15H,5-8H2,(H,18,19). The van der Waals surface area contributed by atoms with E-state index < -0.39 is 11.0 Å². The number of rotatable bonds is 3. The van der Waals surface area contributed by atoms with E-state index in [2.05, 4.69) is 5.32 Å². The largest absolute Gasteiger partial charge is 0.465 e. The number of para-hydroxylation sites is 2. The normalized spacial score (nSPS) is 27.3. The lowest BCUT2D eigenvalue weighted by atomic mass is 9.90. The van der Waals surface area contributed by atoms with Gasteiger partial charge in [-0.1, -0.05) is 12.1 Å². The summed E-state index contributed by atoms with van der Waals surface area (Å²) in [5.41, 5.74) is 0.504. The number of nitrogens with zero attached hydrogens (tertiary/aromatic N) is 2. The molecule has 2 saturated heterocycles. The van der Waals surface area contributed by atoms with Gasteiger partial charge in [-0.3, -0.25) is 15.0 Å². The number of hydrogen-bond donors (Lipinski definition) is 2. The van der Waals surface area contributed by atoms with Crippen molar-refractivity contribution in [2.45, 2.75) is 31.0 Å². The minimum absolute atomic E-state index is 0.00407. The fraction of sp³-hybridized carbons (Fsp3) is 0.500. The van der Waals surface area contributed by atoms with Crippen molar-refractivity contribution in [3.8, 4) is 0 Å². The van der Waals surface area contributed by atoms with E-state index >= 15 is 0 Å². The van der Waals surface area contributed by atoms with Crippen molar-refractivity contribution in [2.75, 3.05) is 18.5 Å². The monoisotopic (exact) mass is 307 g/mol. The molecule has 0 spiro atoms. The van der Waals surface area contributed by atoms with E-state index in [1.807, 2.05) is 0 Å². The Morgan fingerprint density at radius 2 is 1.95 bits per heavy atom. The first kappa shape index (κ1) is 14.6. The lowest BCUT2D eigenvalue weighted by Crippen LogP contribution is -2.60. The molecule has 2 aliphatic heterocycles. The molecule has 0 aromatic heterocycles. The average Bonchev–Trinajstić information content (AvgIpc) is 2.46. The first-order chi connectivity index (χ1) is 10.6. The van der Waals surface area contributed by atoms with Crippen molar-refractivity contribution in [3.63, 3.8) is 0 Å². The van der Waals surface area contributed by atoms with Crippen molar-refractivity contribution in [3.05, 3.63) is 34.4 Å². The summed E-state index contributed by atoms with van der Waals surface area (Å²) in [6.45, 7) is 0.746. The van der Waals surface area contributed by atoms with Gasteiger partial charge in [0.15, 0.2) is 0 Å². The number of nitrogens with one attached hydrogen (secondary N) is 1. The minimum Gasteiger partial charge on any atom is -0.465 e. The van der Waals surface area contributed by atoms with Crippen LogP contribution in [0.3, 0.4) is 0 Å². The molecule has 2 N–H and O–H groups in total. The number of benzene rings is 1. The summed E-state index contributed by atoms with van der Waals surface area (Å²) in [5.74, 6) is 0. The van der Waals surface area contributed by atoms with E-state index in [9.17, 15) is 20.0 Å². The summed E-state index contributed by atoms with van der Waals surface area (Å²) < 4.78 is 5.44. The van der Waals surface area contributed by atoms with E-state index in [0.717, 1.165) is 0 Å². The van der Waals surface area contributed by atoms with Gasteiger partial charge in [0, 0.05) is 12.1 Å². The summed E-state index contributed by atoms with van der Waals surface area (Å²) in [6.07, 6.45) is 0.228. The van der Waals surface area contributed by atoms with Crippen LogP contribution < -0.4 is 5.32 Å². The number of piperidine rings is 1. The minimum atomic E-state index is -0.928. The van der Waals surface area contributed by atoms with Crippen LogP contribution in [0.1, 0.15) is 12.8 Å². The van der Waals surface area contributed by atoms with Crippen molar-refractivity contribution < 1.29 is 19.6 Å². The zero-order chi connectivity index (χ0) is 15.7. The Labute approximate surface area is 126 Å². The molecule has 1 aromatic carbocycles. The molecule has 3 rings (SSSR count). The molecule has 1 aromatic rings. The number of fused-ring (bicyclic) bond motifs is 2. The Bertz CT molecular complexity index is 580. The van der Waals surface area contributed by atoms with Crippen LogP contribution in [0.2, 0.25) is 0 Å². The average molecular weight is 307 g/mol. The van der Waals surface area contributed by atoms with Crippen LogP contribution in [0, 0.1) is 10.1 Å². The maximum Gasteiger partial charge on any atom is 0.407 e. The molecule has 0 aliphatic carbocycles. The molecular weight excluding hydrogens is 290 g/mol. The molecule has 0 saturated carbocycles. The first-order valence-electron chi connectivity index (χ1n) is 7.15. The molecule has 8 heteroatoms. The highest BCUT2D eigenvalue weighted by Gasteiger charge is 2.42. The lowest BCUT2D eigenvalue weighted by Gasteiger charge is -2.47. The summed E-state index contributed by atoms with van der Waals surface area (Å²) >= 11 is 0. The van der Waals surface area contributed by atoms with Crippen molar-refractivity contribution >= 4 is 17.5 Å². The van der Waals surface area contributed by atoms with Gasteiger partial charge in [-0.15, -0.1) is 0 Å². The molecule has 2 bridgehead atoms. The maximum atomic E-state index is 11.3. The molecule has 22 heavy (non-hydrogen) atoms. The van der Waals surface area contributed by atoms with Crippen molar-refractivity contribution in [2.24, 2.45) is 0 Å². The van der Waals surface area contributed by atoms with Crippen LogP contribution >= 0.6 is 0 Å². The number of ether oxygens (including phenoxy) is 1. The van der Waals surface area contributed by atoms with Crippen molar-refractivity contribution in [1.29, 1.82) is 0 Å². The topological polar surface area (TPSA) is 105 Å². The number of anilines is 1. The molecule has 2 unspecified atom stereocenters.